The number of ether oxygens (including phenoxy) is 3. The molecular formula is C10H19ClO5. The standard InChI is InChI=1S/C10H18O5.ClH/c1-4-14-9(11)8(6-7-13-3)10(12)15-5-2;/h8H,4-7H2,1-3H3;1H. The zero-order valence-electron chi connectivity index (χ0n) is 9.86. The molecule has 0 aliphatic carbocycles. The molecule has 5 nitrogen and oxygen atoms in total. The predicted octanol–water partition coefficient (Wildman–Crippen LogP) is 1.19. The third-order valence-corrected chi connectivity index (χ3v) is 1.75. The molecule has 0 aromatic rings. The van der Waals surface area contributed by atoms with Gasteiger partial charge in [0.2, 0.25) is 0 Å². The van der Waals surface area contributed by atoms with E-state index in [-0.39, 0.29) is 32.0 Å². The second kappa shape index (κ2) is 10.7. The monoisotopic (exact) mass is 254 g/mol. The van der Waals surface area contributed by atoms with Gasteiger partial charge in [-0.2, -0.15) is 0 Å². The highest BCUT2D eigenvalue weighted by molar-refractivity contribution is 5.94. The molecule has 0 aliphatic rings. The minimum Gasteiger partial charge on any atom is -0.465 e. The average Bonchev–Trinajstić information content (AvgIpc) is 2.19. The third-order valence-electron chi connectivity index (χ3n) is 1.75. The van der Waals surface area contributed by atoms with Crippen molar-refractivity contribution in [1.82, 2.24) is 0 Å². The van der Waals surface area contributed by atoms with Crippen LogP contribution >= 0.6 is 12.4 Å². The summed E-state index contributed by atoms with van der Waals surface area (Å²) in [5.41, 5.74) is 0. The molecule has 0 amide bonds. The maximum absolute atomic E-state index is 11.4. The van der Waals surface area contributed by atoms with Crippen LogP contribution in [0.5, 0.6) is 0 Å². The lowest BCUT2D eigenvalue weighted by Gasteiger charge is -2.13. The first-order valence-corrected chi connectivity index (χ1v) is 4.99. The third kappa shape index (κ3) is 6.63. The Morgan fingerprint density at radius 1 is 1.06 bits per heavy atom. The molecule has 16 heavy (non-hydrogen) atoms. The van der Waals surface area contributed by atoms with Gasteiger partial charge in [-0.1, -0.05) is 0 Å². The average molecular weight is 255 g/mol. The fourth-order valence-corrected chi connectivity index (χ4v) is 1.05. The molecule has 0 fully saturated rings. The molecule has 0 saturated carbocycles. The largest absolute Gasteiger partial charge is 0.465 e. The van der Waals surface area contributed by atoms with E-state index in [0.29, 0.717) is 6.61 Å². The van der Waals surface area contributed by atoms with Crippen molar-refractivity contribution in [3.05, 3.63) is 0 Å². The van der Waals surface area contributed by atoms with Gasteiger partial charge in [-0.25, -0.2) is 0 Å². The van der Waals surface area contributed by atoms with Crippen molar-refractivity contribution in [2.24, 2.45) is 5.92 Å². The minimum absolute atomic E-state index is 0. The number of carbonyl (C=O) groups is 2. The van der Waals surface area contributed by atoms with Gasteiger partial charge in [-0.05, 0) is 20.3 Å². The van der Waals surface area contributed by atoms with Gasteiger partial charge in [0.1, 0.15) is 0 Å². The Bertz CT molecular complexity index is 189. The van der Waals surface area contributed by atoms with Gasteiger partial charge in [0.15, 0.2) is 5.92 Å². The summed E-state index contributed by atoms with van der Waals surface area (Å²) in [6, 6.07) is 0. The first-order chi connectivity index (χ1) is 7.17. The molecule has 0 aromatic carbocycles. The highest BCUT2D eigenvalue weighted by Crippen LogP contribution is 2.09. The molecule has 0 radical (unpaired) electrons. The number of hydrogen-bond donors (Lipinski definition) is 0. The molecule has 0 saturated heterocycles. The lowest BCUT2D eigenvalue weighted by Crippen LogP contribution is -2.29. The normalized spacial score (nSPS) is 9.50. The predicted molar refractivity (Wildman–Crippen MR) is 60.5 cm³/mol. The van der Waals surface area contributed by atoms with E-state index in [1.807, 2.05) is 0 Å². The summed E-state index contributed by atoms with van der Waals surface area (Å²) in [5.74, 6) is -1.97. The van der Waals surface area contributed by atoms with E-state index in [4.69, 9.17) is 14.2 Å². The summed E-state index contributed by atoms with van der Waals surface area (Å²) in [6.07, 6.45) is 0.286. The van der Waals surface area contributed by atoms with Gasteiger partial charge in [0.05, 0.1) is 13.2 Å². The van der Waals surface area contributed by atoms with E-state index >= 15 is 0 Å². The summed E-state index contributed by atoms with van der Waals surface area (Å²) < 4.78 is 14.4. The summed E-state index contributed by atoms with van der Waals surface area (Å²) >= 11 is 0. The van der Waals surface area contributed by atoms with Gasteiger partial charge < -0.3 is 14.2 Å². The van der Waals surface area contributed by atoms with E-state index < -0.39 is 17.9 Å². The highest BCUT2D eigenvalue weighted by atomic mass is 35.5. The van der Waals surface area contributed by atoms with Gasteiger partial charge >= 0.3 is 11.9 Å². The Morgan fingerprint density at radius 2 is 1.50 bits per heavy atom. The van der Waals surface area contributed by atoms with Crippen molar-refractivity contribution in [3.63, 3.8) is 0 Å². The number of halogens is 1. The molecule has 0 N–H and O–H groups in total. The smallest absolute Gasteiger partial charge is 0.320 e. The van der Waals surface area contributed by atoms with E-state index in [9.17, 15) is 9.59 Å². The second-order valence-electron chi connectivity index (χ2n) is 2.84. The molecule has 6 heteroatoms. The zero-order chi connectivity index (χ0) is 11.7. The molecule has 96 valence electrons. The molecular weight excluding hydrogens is 236 g/mol. The van der Waals surface area contributed by atoms with E-state index in [0.717, 1.165) is 0 Å². The van der Waals surface area contributed by atoms with E-state index in [1.165, 1.54) is 7.11 Å². The van der Waals surface area contributed by atoms with Gasteiger partial charge in [-0.3, -0.25) is 9.59 Å². The minimum atomic E-state index is -0.871. The van der Waals surface area contributed by atoms with Crippen LogP contribution in [0.1, 0.15) is 20.3 Å². The van der Waals surface area contributed by atoms with Gasteiger partial charge in [-0.15, -0.1) is 12.4 Å². The first kappa shape index (κ1) is 17.6. The SMILES string of the molecule is CCOC(=O)C(CCOC)C(=O)OCC.Cl. The van der Waals surface area contributed by atoms with Crippen molar-refractivity contribution < 1.29 is 23.8 Å². The Labute approximate surface area is 102 Å². The van der Waals surface area contributed by atoms with Crippen LogP contribution in [0.3, 0.4) is 0 Å². The van der Waals surface area contributed by atoms with Crippen LogP contribution < -0.4 is 0 Å². The Hall–Kier alpha value is -0.810. The second-order valence-corrected chi connectivity index (χ2v) is 2.84. The van der Waals surface area contributed by atoms with Crippen LogP contribution in [0, 0.1) is 5.92 Å². The highest BCUT2D eigenvalue weighted by Gasteiger charge is 2.28. The maximum atomic E-state index is 11.4. The quantitative estimate of drug-likeness (QED) is 0.504. The molecule has 0 bridgehead atoms. The zero-order valence-corrected chi connectivity index (χ0v) is 10.7. The molecule has 0 unspecified atom stereocenters. The van der Waals surface area contributed by atoms with Crippen LogP contribution in [-0.2, 0) is 23.8 Å². The van der Waals surface area contributed by atoms with Crippen LogP contribution in [0.15, 0.2) is 0 Å². The van der Waals surface area contributed by atoms with Crippen molar-refractivity contribution in [3.8, 4) is 0 Å². The molecule has 0 aromatic heterocycles. The van der Waals surface area contributed by atoms with Crippen molar-refractivity contribution >= 4 is 24.3 Å². The van der Waals surface area contributed by atoms with E-state index in [2.05, 4.69) is 0 Å². The van der Waals surface area contributed by atoms with E-state index in [1.54, 1.807) is 13.8 Å². The Morgan fingerprint density at radius 3 is 1.81 bits per heavy atom. The van der Waals surface area contributed by atoms with Crippen molar-refractivity contribution in [2.75, 3.05) is 26.9 Å². The van der Waals surface area contributed by atoms with Gasteiger partial charge in [0.25, 0.3) is 0 Å². The number of rotatable bonds is 7. The number of carbonyl (C=O) groups excluding carboxylic acids is 2. The fraction of sp³-hybridized carbons (Fsp3) is 0.800. The van der Waals surface area contributed by atoms with Crippen molar-refractivity contribution in [2.45, 2.75) is 20.3 Å². The Balaban J connectivity index is 0. The van der Waals surface area contributed by atoms with Crippen LogP contribution in [-0.4, -0.2) is 38.9 Å². The lowest BCUT2D eigenvalue weighted by atomic mass is 10.1. The summed E-state index contributed by atoms with van der Waals surface area (Å²) in [7, 11) is 1.51. The molecule has 0 spiro atoms. The molecule has 0 aliphatic heterocycles. The fourth-order valence-electron chi connectivity index (χ4n) is 1.05. The summed E-state index contributed by atoms with van der Waals surface area (Å²) in [5, 5.41) is 0. The number of hydrogen-bond acceptors (Lipinski definition) is 5. The van der Waals surface area contributed by atoms with Crippen LogP contribution in [0.25, 0.3) is 0 Å². The number of methoxy groups -OCH3 is 1. The lowest BCUT2D eigenvalue weighted by molar-refractivity contribution is -0.162. The number of esters is 2. The molecule has 0 rings (SSSR count). The van der Waals surface area contributed by atoms with Crippen LogP contribution in [0.4, 0.5) is 0 Å². The molecule has 0 atom stereocenters. The van der Waals surface area contributed by atoms with Crippen molar-refractivity contribution in [1.29, 1.82) is 0 Å². The Kier molecular flexibility index (Phi) is 11.8. The topological polar surface area (TPSA) is 61.8 Å². The van der Waals surface area contributed by atoms with Gasteiger partial charge in [0, 0.05) is 13.7 Å². The molecule has 0 heterocycles. The summed E-state index contributed by atoms with van der Waals surface area (Å²) in [4.78, 5) is 22.8. The first-order valence-electron chi connectivity index (χ1n) is 4.99. The summed E-state index contributed by atoms with van der Waals surface area (Å²) in [6.45, 7) is 4.21. The maximum Gasteiger partial charge on any atom is 0.320 e. The van der Waals surface area contributed by atoms with Crippen LogP contribution in [0.2, 0.25) is 0 Å².